The van der Waals surface area contributed by atoms with Gasteiger partial charge in [-0.3, -0.25) is 25.0 Å². The topological polar surface area (TPSA) is 111 Å². The number of carbonyl (C=O) groups is 2. The predicted molar refractivity (Wildman–Crippen MR) is 58.6 cm³/mol. The van der Waals surface area contributed by atoms with Crippen molar-refractivity contribution >= 4 is 33.3 Å². The van der Waals surface area contributed by atoms with E-state index in [-0.39, 0.29) is 16.6 Å². The number of rotatable bonds is 5. The first kappa shape index (κ1) is 13.0. The summed E-state index contributed by atoms with van der Waals surface area (Å²) in [5.41, 5.74) is 0. The highest BCUT2D eigenvalue weighted by atomic mass is 32.1. The lowest BCUT2D eigenvalue weighted by atomic mass is 10.5. The van der Waals surface area contributed by atoms with Crippen molar-refractivity contribution in [2.75, 3.05) is 11.9 Å². The van der Waals surface area contributed by atoms with Gasteiger partial charge in [0, 0.05) is 6.42 Å². The number of aromatic nitrogens is 1. The van der Waals surface area contributed by atoms with Crippen LogP contribution in [-0.2, 0) is 14.3 Å². The van der Waals surface area contributed by atoms with Crippen molar-refractivity contribution in [1.29, 1.82) is 0 Å². The minimum absolute atomic E-state index is 0.0919. The SMILES string of the molecule is CCC(=O)OCC(=O)Nc1ncc([N+](=O)[O-])s1. The molecule has 0 saturated heterocycles. The maximum absolute atomic E-state index is 11.2. The summed E-state index contributed by atoms with van der Waals surface area (Å²) < 4.78 is 4.57. The van der Waals surface area contributed by atoms with Gasteiger partial charge in [-0.25, -0.2) is 4.98 Å². The number of anilines is 1. The third kappa shape index (κ3) is 4.15. The van der Waals surface area contributed by atoms with Crippen molar-refractivity contribution in [3.05, 3.63) is 16.3 Å². The van der Waals surface area contributed by atoms with Gasteiger partial charge in [0.2, 0.25) is 0 Å². The molecule has 9 heteroatoms. The predicted octanol–water partition coefficient (Wildman–Crippen LogP) is 0.943. The summed E-state index contributed by atoms with van der Waals surface area (Å²) in [5.74, 6) is -1.08. The molecule has 1 aromatic rings. The third-order valence-electron chi connectivity index (χ3n) is 1.57. The molecule has 0 radical (unpaired) electrons. The zero-order chi connectivity index (χ0) is 12.8. The number of esters is 1. The molecule has 1 rings (SSSR count). The Labute approximate surface area is 99.8 Å². The van der Waals surface area contributed by atoms with Crippen LogP contribution in [-0.4, -0.2) is 28.4 Å². The first-order chi connectivity index (χ1) is 8.02. The Morgan fingerprint density at radius 2 is 2.35 bits per heavy atom. The number of hydrogen-bond acceptors (Lipinski definition) is 7. The fourth-order valence-corrected chi connectivity index (χ4v) is 1.46. The molecule has 0 unspecified atom stereocenters. The van der Waals surface area contributed by atoms with Crippen molar-refractivity contribution in [3.8, 4) is 0 Å². The summed E-state index contributed by atoms with van der Waals surface area (Å²) in [6, 6.07) is 0. The fraction of sp³-hybridized carbons (Fsp3) is 0.375. The van der Waals surface area contributed by atoms with Gasteiger partial charge in [0.25, 0.3) is 5.91 Å². The molecule has 8 nitrogen and oxygen atoms in total. The molecule has 1 N–H and O–H groups in total. The third-order valence-corrected chi connectivity index (χ3v) is 2.44. The van der Waals surface area contributed by atoms with Crippen LogP contribution in [0.1, 0.15) is 13.3 Å². The number of amides is 1. The Morgan fingerprint density at radius 1 is 1.65 bits per heavy atom. The van der Waals surface area contributed by atoms with E-state index in [2.05, 4.69) is 15.0 Å². The molecular formula is C8H9N3O5S. The lowest BCUT2D eigenvalue weighted by molar-refractivity contribution is -0.380. The smallest absolute Gasteiger partial charge is 0.345 e. The van der Waals surface area contributed by atoms with Crippen molar-refractivity contribution in [2.24, 2.45) is 0 Å². The Kier molecular flexibility index (Phi) is 4.52. The molecular weight excluding hydrogens is 250 g/mol. The Bertz CT molecular complexity index is 444. The summed E-state index contributed by atoms with van der Waals surface area (Å²) in [6.45, 7) is 1.17. The van der Waals surface area contributed by atoms with Crippen LogP contribution in [0.3, 0.4) is 0 Å². The van der Waals surface area contributed by atoms with E-state index in [0.29, 0.717) is 0 Å². The Hall–Kier alpha value is -2.03. The Morgan fingerprint density at radius 3 is 2.88 bits per heavy atom. The van der Waals surface area contributed by atoms with Crippen LogP contribution in [0.5, 0.6) is 0 Å². The van der Waals surface area contributed by atoms with Crippen molar-refractivity contribution < 1.29 is 19.2 Å². The number of nitrogens with one attached hydrogen (secondary N) is 1. The lowest BCUT2D eigenvalue weighted by Gasteiger charge is -2.02. The lowest BCUT2D eigenvalue weighted by Crippen LogP contribution is -2.20. The number of nitrogens with zero attached hydrogens (tertiary/aromatic N) is 2. The standard InChI is InChI=1S/C8H9N3O5S/c1-2-7(13)16-4-5(12)10-8-9-3-6(17-8)11(14)15/h3H,2,4H2,1H3,(H,9,10,12). The molecule has 0 aromatic carbocycles. The molecule has 0 aliphatic heterocycles. The van der Waals surface area contributed by atoms with Crippen LogP contribution in [0.4, 0.5) is 10.1 Å². The van der Waals surface area contributed by atoms with E-state index in [1.165, 1.54) is 0 Å². The summed E-state index contributed by atoms with van der Waals surface area (Å²) in [7, 11) is 0. The maximum atomic E-state index is 11.2. The number of carbonyl (C=O) groups excluding carboxylic acids is 2. The van der Waals surface area contributed by atoms with E-state index in [0.717, 1.165) is 17.5 Å². The number of ether oxygens (including phenoxy) is 1. The van der Waals surface area contributed by atoms with Crippen LogP contribution in [0.2, 0.25) is 0 Å². The summed E-state index contributed by atoms with van der Waals surface area (Å²) >= 11 is 0.727. The first-order valence-electron chi connectivity index (χ1n) is 4.58. The van der Waals surface area contributed by atoms with Crippen LogP contribution >= 0.6 is 11.3 Å². The second kappa shape index (κ2) is 5.89. The fourth-order valence-electron chi connectivity index (χ4n) is 0.811. The maximum Gasteiger partial charge on any atom is 0.345 e. The summed E-state index contributed by atoms with van der Waals surface area (Å²) in [5, 5.41) is 12.5. The zero-order valence-corrected chi connectivity index (χ0v) is 9.65. The quantitative estimate of drug-likeness (QED) is 0.478. The largest absolute Gasteiger partial charge is 0.456 e. The second-order valence-electron chi connectivity index (χ2n) is 2.82. The van der Waals surface area contributed by atoms with E-state index in [1.54, 1.807) is 6.92 Å². The summed E-state index contributed by atoms with van der Waals surface area (Å²) in [4.78, 5) is 35.3. The monoisotopic (exact) mass is 259 g/mol. The molecule has 0 spiro atoms. The molecule has 17 heavy (non-hydrogen) atoms. The van der Waals surface area contributed by atoms with Crippen LogP contribution < -0.4 is 5.32 Å². The van der Waals surface area contributed by atoms with Crippen molar-refractivity contribution in [3.63, 3.8) is 0 Å². The summed E-state index contributed by atoms with van der Waals surface area (Å²) in [6.07, 6.45) is 1.22. The molecule has 1 amide bonds. The van der Waals surface area contributed by atoms with Gasteiger partial charge in [-0.15, -0.1) is 0 Å². The number of hydrogen-bond donors (Lipinski definition) is 1. The second-order valence-corrected chi connectivity index (χ2v) is 3.83. The zero-order valence-electron chi connectivity index (χ0n) is 8.84. The van der Waals surface area contributed by atoms with Gasteiger partial charge >= 0.3 is 11.0 Å². The average molecular weight is 259 g/mol. The van der Waals surface area contributed by atoms with Crippen molar-refractivity contribution in [2.45, 2.75) is 13.3 Å². The van der Waals surface area contributed by atoms with Gasteiger partial charge in [0.1, 0.15) is 6.20 Å². The number of nitro groups is 1. The van der Waals surface area contributed by atoms with Crippen LogP contribution in [0, 0.1) is 10.1 Å². The molecule has 1 aromatic heterocycles. The average Bonchev–Trinajstić information content (AvgIpc) is 2.74. The van der Waals surface area contributed by atoms with E-state index >= 15 is 0 Å². The minimum atomic E-state index is -0.607. The molecule has 1 heterocycles. The van der Waals surface area contributed by atoms with E-state index in [1.807, 2.05) is 0 Å². The normalized spacial score (nSPS) is 9.71. The highest BCUT2D eigenvalue weighted by Crippen LogP contribution is 2.24. The van der Waals surface area contributed by atoms with Gasteiger partial charge in [0.15, 0.2) is 11.7 Å². The minimum Gasteiger partial charge on any atom is -0.456 e. The highest BCUT2D eigenvalue weighted by Gasteiger charge is 2.14. The molecule has 0 bridgehead atoms. The molecule has 0 saturated carbocycles. The van der Waals surface area contributed by atoms with E-state index < -0.39 is 23.4 Å². The van der Waals surface area contributed by atoms with E-state index in [9.17, 15) is 19.7 Å². The van der Waals surface area contributed by atoms with Gasteiger partial charge in [0.05, 0.1) is 4.92 Å². The van der Waals surface area contributed by atoms with Gasteiger partial charge < -0.3 is 4.74 Å². The van der Waals surface area contributed by atoms with E-state index in [4.69, 9.17) is 0 Å². The molecule has 0 fully saturated rings. The molecule has 0 aliphatic carbocycles. The number of thiazole rings is 1. The highest BCUT2D eigenvalue weighted by molar-refractivity contribution is 7.18. The van der Waals surface area contributed by atoms with Crippen LogP contribution in [0.25, 0.3) is 0 Å². The first-order valence-corrected chi connectivity index (χ1v) is 5.40. The molecule has 92 valence electrons. The molecule has 0 aliphatic rings. The van der Waals surface area contributed by atoms with Gasteiger partial charge in [-0.2, -0.15) is 0 Å². The van der Waals surface area contributed by atoms with Gasteiger partial charge in [-0.05, 0) is 11.3 Å². The molecule has 0 atom stereocenters. The van der Waals surface area contributed by atoms with Crippen LogP contribution in [0.15, 0.2) is 6.20 Å². The Balaban J connectivity index is 2.45. The van der Waals surface area contributed by atoms with Crippen molar-refractivity contribution in [1.82, 2.24) is 4.98 Å². The van der Waals surface area contributed by atoms with Gasteiger partial charge in [-0.1, -0.05) is 6.92 Å².